The highest BCUT2D eigenvalue weighted by Gasteiger charge is 2.35. The molecule has 0 aromatic carbocycles. The Labute approximate surface area is 76.1 Å². The van der Waals surface area contributed by atoms with Crippen LogP contribution in [0.1, 0.15) is 5.56 Å². The summed E-state index contributed by atoms with van der Waals surface area (Å²) < 4.78 is 37.1. The van der Waals surface area contributed by atoms with Crippen LogP contribution in [0.3, 0.4) is 0 Å². The largest absolute Gasteiger partial charge is 0.420 e. The van der Waals surface area contributed by atoms with Gasteiger partial charge in [-0.05, 0) is 6.07 Å². The Hall–Kier alpha value is -1.79. The molecule has 0 radical (unpaired) electrons. The maximum atomic E-state index is 12.4. The Morgan fingerprint density at radius 2 is 1.93 bits per heavy atom. The average Bonchev–Trinajstić information content (AvgIpc) is 2.73. The highest BCUT2D eigenvalue weighted by molar-refractivity contribution is 5.58. The Morgan fingerprint density at radius 1 is 1.14 bits per heavy atom. The van der Waals surface area contributed by atoms with E-state index in [1.54, 1.807) is 0 Å². The van der Waals surface area contributed by atoms with Crippen molar-refractivity contribution < 1.29 is 13.2 Å². The molecule has 0 saturated heterocycles. The van der Waals surface area contributed by atoms with E-state index in [0.29, 0.717) is 0 Å². The zero-order valence-corrected chi connectivity index (χ0v) is 6.76. The molecule has 0 fully saturated rings. The van der Waals surface area contributed by atoms with Crippen LogP contribution in [0.2, 0.25) is 0 Å². The van der Waals surface area contributed by atoms with E-state index in [9.17, 15) is 13.2 Å². The van der Waals surface area contributed by atoms with Gasteiger partial charge in [0.25, 0.3) is 0 Å². The summed E-state index contributed by atoms with van der Waals surface area (Å²) >= 11 is 0. The summed E-state index contributed by atoms with van der Waals surface area (Å²) in [4.78, 5) is 0. The lowest BCUT2D eigenvalue weighted by atomic mass is 10.2. The molecule has 2 aromatic heterocycles. The number of aromatic nitrogens is 4. The van der Waals surface area contributed by atoms with E-state index in [4.69, 9.17) is 0 Å². The monoisotopic (exact) mass is 202 g/mol. The van der Waals surface area contributed by atoms with Crippen LogP contribution in [-0.4, -0.2) is 20.4 Å². The summed E-state index contributed by atoms with van der Waals surface area (Å²) in [6, 6.07) is 1.43. The summed E-state index contributed by atoms with van der Waals surface area (Å²) in [6.07, 6.45) is -2.29. The summed E-state index contributed by atoms with van der Waals surface area (Å²) in [5.41, 5.74) is -0.647. The minimum atomic E-state index is -4.41. The molecule has 0 spiro atoms. The van der Waals surface area contributed by atoms with E-state index in [1.807, 2.05) is 0 Å². The number of hydrogen-bond donors (Lipinski definition) is 2. The van der Waals surface area contributed by atoms with Crippen molar-refractivity contribution in [3.63, 3.8) is 0 Å². The summed E-state index contributed by atoms with van der Waals surface area (Å²) in [5, 5.41) is 11.6. The van der Waals surface area contributed by atoms with Crippen molar-refractivity contribution in [3.8, 4) is 11.4 Å². The molecule has 0 amide bonds. The van der Waals surface area contributed by atoms with E-state index >= 15 is 0 Å². The number of hydrogen-bond acceptors (Lipinski definition) is 2. The molecular formula is C7H5F3N4. The Kier molecular flexibility index (Phi) is 1.80. The van der Waals surface area contributed by atoms with Gasteiger partial charge in [-0.25, -0.2) is 0 Å². The molecule has 0 saturated carbocycles. The normalized spacial score (nSPS) is 11.9. The number of H-pyrrole nitrogens is 2. The predicted octanol–water partition coefficient (Wildman–Crippen LogP) is 1.82. The molecule has 14 heavy (non-hydrogen) atoms. The molecule has 74 valence electrons. The number of halogens is 3. The Balaban J connectivity index is 2.51. The van der Waals surface area contributed by atoms with Crippen LogP contribution in [0.4, 0.5) is 13.2 Å². The van der Waals surface area contributed by atoms with E-state index in [2.05, 4.69) is 20.4 Å². The summed E-state index contributed by atoms with van der Waals surface area (Å²) in [5.74, 6) is 0. The van der Waals surface area contributed by atoms with Crippen molar-refractivity contribution in [3.05, 3.63) is 24.0 Å². The average molecular weight is 202 g/mol. The maximum absolute atomic E-state index is 12.4. The minimum Gasteiger partial charge on any atom is -0.276 e. The van der Waals surface area contributed by atoms with Crippen LogP contribution in [0.25, 0.3) is 11.4 Å². The quantitative estimate of drug-likeness (QED) is 0.740. The fourth-order valence-electron chi connectivity index (χ4n) is 1.10. The molecular weight excluding hydrogens is 197 g/mol. The SMILES string of the molecule is FC(F)(F)c1cn[nH]c1-c1ccn[nH]1. The molecule has 2 N–H and O–H groups in total. The first-order valence-electron chi connectivity index (χ1n) is 3.69. The van der Waals surface area contributed by atoms with Crippen LogP contribution in [0.5, 0.6) is 0 Å². The molecule has 4 nitrogen and oxygen atoms in total. The fraction of sp³-hybridized carbons (Fsp3) is 0.143. The van der Waals surface area contributed by atoms with Crippen LogP contribution >= 0.6 is 0 Å². The second-order valence-corrected chi connectivity index (χ2v) is 2.63. The van der Waals surface area contributed by atoms with Crippen molar-refractivity contribution in [1.29, 1.82) is 0 Å². The van der Waals surface area contributed by atoms with Gasteiger partial charge in [0.05, 0.1) is 17.6 Å². The lowest BCUT2D eigenvalue weighted by Gasteiger charge is -2.04. The minimum absolute atomic E-state index is 0.102. The third-order valence-corrected chi connectivity index (χ3v) is 1.71. The molecule has 0 aliphatic carbocycles. The first-order chi connectivity index (χ1) is 6.59. The van der Waals surface area contributed by atoms with E-state index in [0.717, 1.165) is 6.20 Å². The van der Waals surface area contributed by atoms with Crippen molar-refractivity contribution in [2.75, 3.05) is 0 Å². The number of rotatable bonds is 1. The second kappa shape index (κ2) is 2.86. The van der Waals surface area contributed by atoms with E-state index < -0.39 is 11.7 Å². The first-order valence-corrected chi connectivity index (χ1v) is 3.69. The zero-order valence-electron chi connectivity index (χ0n) is 6.76. The number of nitrogens with zero attached hydrogens (tertiary/aromatic N) is 2. The molecule has 2 aromatic rings. The van der Waals surface area contributed by atoms with Crippen LogP contribution in [0.15, 0.2) is 18.5 Å². The maximum Gasteiger partial charge on any atom is 0.420 e. The van der Waals surface area contributed by atoms with E-state index in [1.165, 1.54) is 12.3 Å². The van der Waals surface area contributed by atoms with Gasteiger partial charge in [0.1, 0.15) is 5.56 Å². The van der Waals surface area contributed by atoms with Gasteiger partial charge in [-0.2, -0.15) is 23.4 Å². The number of nitrogens with one attached hydrogen (secondary N) is 2. The lowest BCUT2D eigenvalue weighted by Crippen LogP contribution is -2.05. The van der Waals surface area contributed by atoms with Gasteiger partial charge < -0.3 is 0 Å². The van der Waals surface area contributed by atoms with Crippen molar-refractivity contribution in [2.24, 2.45) is 0 Å². The predicted molar refractivity (Wildman–Crippen MR) is 41.2 cm³/mol. The van der Waals surface area contributed by atoms with Crippen LogP contribution in [0, 0.1) is 0 Å². The Bertz CT molecular complexity index is 414. The number of aromatic amines is 2. The molecule has 7 heteroatoms. The molecule has 2 heterocycles. The van der Waals surface area contributed by atoms with Gasteiger partial charge in [-0.15, -0.1) is 0 Å². The van der Waals surface area contributed by atoms with Gasteiger partial charge in [-0.3, -0.25) is 10.2 Å². The van der Waals surface area contributed by atoms with Gasteiger partial charge in [-0.1, -0.05) is 0 Å². The van der Waals surface area contributed by atoms with Crippen molar-refractivity contribution in [1.82, 2.24) is 20.4 Å². The van der Waals surface area contributed by atoms with Gasteiger partial charge in [0, 0.05) is 6.20 Å². The van der Waals surface area contributed by atoms with Crippen molar-refractivity contribution in [2.45, 2.75) is 6.18 Å². The number of alkyl halides is 3. The third kappa shape index (κ3) is 1.36. The van der Waals surface area contributed by atoms with E-state index in [-0.39, 0.29) is 11.4 Å². The summed E-state index contributed by atoms with van der Waals surface area (Å²) in [6.45, 7) is 0. The van der Waals surface area contributed by atoms with Crippen LogP contribution in [-0.2, 0) is 6.18 Å². The van der Waals surface area contributed by atoms with Crippen molar-refractivity contribution >= 4 is 0 Å². The lowest BCUT2D eigenvalue weighted by molar-refractivity contribution is -0.137. The zero-order chi connectivity index (χ0) is 10.2. The molecule has 0 aliphatic heterocycles. The molecule has 0 unspecified atom stereocenters. The van der Waals surface area contributed by atoms with Gasteiger partial charge in [0.15, 0.2) is 0 Å². The van der Waals surface area contributed by atoms with Gasteiger partial charge >= 0.3 is 6.18 Å². The molecule has 2 rings (SSSR count). The second-order valence-electron chi connectivity index (χ2n) is 2.63. The highest BCUT2D eigenvalue weighted by Crippen LogP contribution is 2.34. The van der Waals surface area contributed by atoms with Gasteiger partial charge in [0.2, 0.25) is 0 Å². The topological polar surface area (TPSA) is 57.4 Å². The molecule has 0 aliphatic rings. The first kappa shape index (κ1) is 8.79. The standard InChI is InChI=1S/C7H5F3N4/c8-7(9,10)4-3-12-14-6(4)5-1-2-11-13-5/h1-3H,(H,11,13)(H,12,14). The molecule has 0 atom stereocenters. The summed E-state index contributed by atoms with van der Waals surface area (Å²) in [7, 11) is 0. The third-order valence-electron chi connectivity index (χ3n) is 1.71. The fourth-order valence-corrected chi connectivity index (χ4v) is 1.10. The Morgan fingerprint density at radius 3 is 2.50 bits per heavy atom. The highest BCUT2D eigenvalue weighted by atomic mass is 19.4. The van der Waals surface area contributed by atoms with Crippen LogP contribution < -0.4 is 0 Å². The smallest absolute Gasteiger partial charge is 0.276 e. The molecule has 0 bridgehead atoms.